The van der Waals surface area contributed by atoms with Gasteiger partial charge in [0.25, 0.3) is 0 Å². The van der Waals surface area contributed by atoms with Crippen LogP contribution in [-0.2, 0) is 11.3 Å². The van der Waals surface area contributed by atoms with Crippen LogP contribution in [0.4, 0.5) is 0 Å². The first-order chi connectivity index (χ1) is 13.6. The second-order valence-electron chi connectivity index (χ2n) is 8.95. The normalized spacial score (nSPS) is 25.4. The molecule has 6 heteroatoms. The fourth-order valence-corrected chi connectivity index (χ4v) is 4.94. The van der Waals surface area contributed by atoms with Gasteiger partial charge in [0.15, 0.2) is 0 Å². The zero-order valence-corrected chi connectivity index (χ0v) is 16.5. The van der Waals surface area contributed by atoms with Crippen molar-refractivity contribution in [2.24, 2.45) is 5.41 Å². The molecule has 1 spiro atoms. The van der Waals surface area contributed by atoms with E-state index in [1.807, 2.05) is 30.1 Å². The van der Waals surface area contributed by atoms with Gasteiger partial charge in [-0.1, -0.05) is 30.3 Å². The third kappa shape index (κ3) is 3.46. The Morgan fingerprint density at radius 1 is 1.14 bits per heavy atom. The van der Waals surface area contributed by atoms with Crippen molar-refractivity contribution in [3.63, 3.8) is 0 Å². The van der Waals surface area contributed by atoms with Gasteiger partial charge in [-0.3, -0.25) is 9.69 Å². The number of likely N-dealkylation sites (N-methyl/N-ethyl adjacent to an activating group) is 1. The average molecular weight is 380 g/mol. The van der Waals surface area contributed by atoms with Crippen molar-refractivity contribution >= 4 is 5.91 Å². The number of piperidine rings is 2. The van der Waals surface area contributed by atoms with E-state index >= 15 is 0 Å². The first-order valence-electron chi connectivity index (χ1n) is 10.5. The number of rotatable bonds is 4. The minimum absolute atomic E-state index is 0.0106. The molecule has 1 amide bonds. The Kier molecular flexibility index (Phi) is 4.46. The van der Waals surface area contributed by atoms with E-state index in [4.69, 9.17) is 4.42 Å². The number of hydrogen-bond donors (Lipinski definition) is 0. The van der Waals surface area contributed by atoms with Gasteiger partial charge in [0, 0.05) is 19.5 Å². The van der Waals surface area contributed by atoms with Crippen LogP contribution in [-0.4, -0.2) is 52.6 Å². The maximum absolute atomic E-state index is 12.8. The highest BCUT2D eigenvalue weighted by atomic mass is 16.4. The van der Waals surface area contributed by atoms with Gasteiger partial charge in [0.1, 0.15) is 0 Å². The van der Waals surface area contributed by atoms with Gasteiger partial charge in [-0.05, 0) is 56.2 Å². The molecule has 1 aromatic carbocycles. The SMILES string of the molecule is CN1CC2(CCN(Cc3nnc(C4CC4)o3)CC2)C[C@@H](c2ccccc2)C1=O. The molecular weight excluding hydrogens is 352 g/mol. The minimum Gasteiger partial charge on any atom is -0.424 e. The van der Waals surface area contributed by atoms with Gasteiger partial charge in [0.2, 0.25) is 17.7 Å². The number of carbonyl (C=O) groups excluding carboxylic acids is 1. The van der Waals surface area contributed by atoms with E-state index in [-0.39, 0.29) is 17.2 Å². The highest BCUT2D eigenvalue weighted by Crippen LogP contribution is 2.45. The molecule has 2 aliphatic heterocycles. The van der Waals surface area contributed by atoms with E-state index in [0.29, 0.717) is 5.92 Å². The summed E-state index contributed by atoms with van der Waals surface area (Å²) in [5.74, 6) is 2.33. The summed E-state index contributed by atoms with van der Waals surface area (Å²) in [5.41, 5.74) is 1.37. The maximum Gasteiger partial charge on any atom is 0.230 e. The Morgan fingerprint density at radius 3 is 2.61 bits per heavy atom. The lowest BCUT2D eigenvalue weighted by Crippen LogP contribution is -2.52. The predicted octanol–water partition coefficient (Wildman–Crippen LogP) is 3.18. The summed E-state index contributed by atoms with van der Waals surface area (Å²) in [4.78, 5) is 17.2. The maximum atomic E-state index is 12.8. The molecule has 6 nitrogen and oxygen atoms in total. The Balaban J connectivity index is 1.24. The van der Waals surface area contributed by atoms with Gasteiger partial charge in [0.05, 0.1) is 12.5 Å². The van der Waals surface area contributed by atoms with Crippen molar-refractivity contribution in [2.45, 2.75) is 50.5 Å². The minimum atomic E-state index is -0.0106. The number of benzene rings is 1. The molecule has 3 aliphatic rings. The van der Waals surface area contributed by atoms with Crippen LogP contribution in [0.3, 0.4) is 0 Å². The summed E-state index contributed by atoms with van der Waals surface area (Å²) in [6.07, 6.45) is 5.54. The summed E-state index contributed by atoms with van der Waals surface area (Å²) in [5, 5.41) is 8.44. The summed E-state index contributed by atoms with van der Waals surface area (Å²) in [6, 6.07) is 10.3. The lowest BCUT2D eigenvalue weighted by molar-refractivity contribution is -0.139. The molecule has 0 unspecified atom stereocenters. The fourth-order valence-electron chi connectivity index (χ4n) is 4.94. The summed E-state index contributed by atoms with van der Waals surface area (Å²) >= 11 is 0. The van der Waals surface area contributed by atoms with E-state index < -0.39 is 0 Å². The van der Waals surface area contributed by atoms with Crippen LogP contribution in [0.2, 0.25) is 0 Å². The molecule has 3 heterocycles. The van der Waals surface area contributed by atoms with E-state index in [9.17, 15) is 4.79 Å². The number of likely N-dealkylation sites (tertiary alicyclic amines) is 2. The zero-order valence-electron chi connectivity index (χ0n) is 16.5. The third-order valence-corrected chi connectivity index (χ3v) is 6.77. The number of aromatic nitrogens is 2. The largest absolute Gasteiger partial charge is 0.424 e. The number of carbonyl (C=O) groups is 1. The second-order valence-corrected chi connectivity index (χ2v) is 8.95. The van der Waals surface area contributed by atoms with E-state index in [2.05, 4.69) is 27.2 Å². The molecule has 0 bridgehead atoms. The highest BCUT2D eigenvalue weighted by Gasteiger charge is 2.45. The lowest BCUT2D eigenvalue weighted by atomic mass is 9.68. The van der Waals surface area contributed by atoms with Crippen LogP contribution >= 0.6 is 0 Å². The lowest BCUT2D eigenvalue weighted by Gasteiger charge is -2.49. The Bertz CT molecular complexity index is 837. The quantitative estimate of drug-likeness (QED) is 0.815. The molecule has 0 N–H and O–H groups in total. The van der Waals surface area contributed by atoms with Crippen molar-refractivity contribution in [1.29, 1.82) is 0 Å². The number of amides is 1. The van der Waals surface area contributed by atoms with Gasteiger partial charge in [-0.2, -0.15) is 0 Å². The van der Waals surface area contributed by atoms with E-state index in [0.717, 1.165) is 62.8 Å². The van der Waals surface area contributed by atoms with Crippen molar-refractivity contribution in [3.05, 3.63) is 47.7 Å². The Labute approximate surface area is 165 Å². The molecule has 1 aliphatic carbocycles. The fraction of sp³-hybridized carbons (Fsp3) is 0.591. The van der Waals surface area contributed by atoms with Crippen LogP contribution in [0.25, 0.3) is 0 Å². The van der Waals surface area contributed by atoms with Crippen LogP contribution in [0, 0.1) is 5.41 Å². The summed E-state index contributed by atoms with van der Waals surface area (Å²) < 4.78 is 5.84. The van der Waals surface area contributed by atoms with Gasteiger partial charge in [-0.15, -0.1) is 10.2 Å². The van der Waals surface area contributed by atoms with E-state index in [1.165, 1.54) is 12.8 Å². The molecule has 148 valence electrons. The first kappa shape index (κ1) is 17.9. The molecule has 1 saturated carbocycles. The summed E-state index contributed by atoms with van der Waals surface area (Å²) in [7, 11) is 1.96. The third-order valence-electron chi connectivity index (χ3n) is 6.77. The van der Waals surface area contributed by atoms with Gasteiger partial charge < -0.3 is 9.32 Å². The molecular formula is C22H28N4O2. The monoisotopic (exact) mass is 380 g/mol. The topological polar surface area (TPSA) is 62.5 Å². The molecule has 5 rings (SSSR count). The van der Waals surface area contributed by atoms with Crippen molar-refractivity contribution in [2.75, 3.05) is 26.7 Å². The second kappa shape index (κ2) is 6.99. The van der Waals surface area contributed by atoms with Crippen LogP contribution < -0.4 is 0 Å². The first-order valence-corrected chi connectivity index (χ1v) is 10.5. The summed E-state index contributed by atoms with van der Waals surface area (Å²) in [6.45, 7) is 3.65. The molecule has 0 radical (unpaired) electrons. The molecule has 1 aromatic heterocycles. The number of hydrogen-bond acceptors (Lipinski definition) is 5. The van der Waals surface area contributed by atoms with Crippen LogP contribution in [0.15, 0.2) is 34.7 Å². The van der Waals surface area contributed by atoms with Crippen molar-refractivity contribution < 1.29 is 9.21 Å². The smallest absolute Gasteiger partial charge is 0.230 e. The van der Waals surface area contributed by atoms with Crippen LogP contribution in [0.1, 0.15) is 61.3 Å². The Morgan fingerprint density at radius 2 is 1.89 bits per heavy atom. The van der Waals surface area contributed by atoms with Crippen LogP contribution in [0.5, 0.6) is 0 Å². The van der Waals surface area contributed by atoms with Gasteiger partial charge in [-0.25, -0.2) is 0 Å². The standard InChI is InChI=1S/C22H28N4O2/c1-25-15-22(13-18(21(25)27)16-5-3-2-4-6-16)9-11-26(12-10-22)14-19-23-24-20(28-19)17-7-8-17/h2-6,17-18H,7-15H2,1H3/t18-/m0/s1. The average Bonchev–Trinajstić information content (AvgIpc) is 3.47. The molecule has 3 fully saturated rings. The van der Waals surface area contributed by atoms with Crippen molar-refractivity contribution in [3.8, 4) is 0 Å². The number of nitrogens with zero attached hydrogens (tertiary/aromatic N) is 4. The predicted molar refractivity (Wildman–Crippen MR) is 105 cm³/mol. The van der Waals surface area contributed by atoms with Gasteiger partial charge >= 0.3 is 0 Å². The molecule has 1 atom stereocenters. The van der Waals surface area contributed by atoms with E-state index in [1.54, 1.807) is 0 Å². The molecule has 2 aromatic rings. The zero-order chi connectivity index (χ0) is 19.1. The molecule has 2 saturated heterocycles. The van der Waals surface area contributed by atoms with Crippen molar-refractivity contribution in [1.82, 2.24) is 20.0 Å². The molecule has 28 heavy (non-hydrogen) atoms. The highest BCUT2D eigenvalue weighted by molar-refractivity contribution is 5.84. The Hall–Kier alpha value is -2.21.